The second kappa shape index (κ2) is 6.01. The molecule has 0 radical (unpaired) electrons. The molecule has 1 aliphatic rings. The fourth-order valence-corrected chi connectivity index (χ4v) is 2.31. The normalized spacial score (nSPS) is 12.3. The van der Waals surface area contributed by atoms with Crippen molar-refractivity contribution in [3.05, 3.63) is 47.3 Å². The molecule has 0 saturated carbocycles. The summed E-state index contributed by atoms with van der Waals surface area (Å²) in [6.45, 7) is 3.22. The molecule has 0 spiro atoms. The predicted octanol–water partition coefficient (Wildman–Crippen LogP) is 2.06. The van der Waals surface area contributed by atoms with Gasteiger partial charge in [-0.05, 0) is 36.8 Å². The minimum Gasteiger partial charge on any atom is -0.454 e. The lowest BCUT2D eigenvalue weighted by Gasteiger charge is -2.09. The number of nitrogens with one attached hydrogen (secondary N) is 2. The van der Waals surface area contributed by atoms with Crippen molar-refractivity contribution in [2.24, 2.45) is 7.05 Å². The predicted molar refractivity (Wildman–Crippen MR) is 81.8 cm³/mol. The minimum atomic E-state index is -0.198. The first-order valence-electron chi connectivity index (χ1n) is 7.15. The number of amides is 2. The summed E-state index contributed by atoms with van der Waals surface area (Å²) in [7, 11) is 1.98. The van der Waals surface area contributed by atoms with E-state index in [1.807, 2.05) is 44.3 Å². The lowest BCUT2D eigenvalue weighted by molar-refractivity contribution is 0.174. The van der Waals surface area contributed by atoms with Crippen molar-refractivity contribution in [2.75, 3.05) is 6.79 Å². The Bertz CT molecular complexity index is 694. The highest BCUT2D eigenvalue weighted by molar-refractivity contribution is 5.73. The van der Waals surface area contributed by atoms with Gasteiger partial charge in [0.2, 0.25) is 6.79 Å². The van der Waals surface area contributed by atoms with Crippen LogP contribution < -0.4 is 20.1 Å². The molecule has 0 unspecified atom stereocenters. The van der Waals surface area contributed by atoms with Crippen LogP contribution in [0.25, 0.3) is 0 Å². The van der Waals surface area contributed by atoms with Crippen LogP contribution in [0.4, 0.5) is 4.79 Å². The number of hydrogen-bond donors (Lipinski definition) is 2. The van der Waals surface area contributed by atoms with Crippen LogP contribution in [0.5, 0.6) is 11.5 Å². The van der Waals surface area contributed by atoms with Crippen molar-refractivity contribution in [1.29, 1.82) is 0 Å². The second-order valence-corrected chi connectivity index (χ2v) is 5.25. The zero-order valence-corrected chi connectivity index (χ0v) is 12.7. The number of ether oxygens (including phenoxy) is 2. The van der Waals surface area contributed by atoms with Gasteiger partial charge in [-0.25, -0.2) is 4.79 Å². The summed E-state index contributed by atoms with van der Waals surface area (Å²) >= 11 is 0. The molecule has 22 heavy (non-hydrogen) atoms. The zero-order chi connectivity index (χ0) is 15.5. The van der Waals surface area contributed by atoms with Gasteiger partial charge in [-0.1, -0.05) is 6.07 Å². The molecule has 0 saturated heterocycles. The fraction of sp³-hybridized carbons (Fsp3) is 0.312. The summed E-state index contributed by atoms with van der Waals surface area (Å²) in [6, 6.07) is 9.48. The van der Waals surface area contributed by atoms with E-state index in [0.29, 0.717) is 13.1 Å². The molecule has 116 valence electrons. The quantitative estimate of drug-likeness (QED) is 0.908. The lowest BCUT2D eigenvalue weighted by Crippen LogP contribution is -2.35. The van der Waals surface area contributed by atoms with E-state index in [4.69, 9.17) is 9.47 Å². The van der Waals surface area contributed by atoms with Gasteiger partial charge in [0.05, 0.1) is 6.54 Å². The van der Waals surface area contributed by atoms with E-state index in [9.17, 15) is 4.79 Å². The average Bonchev–Trinajstić information content (AvgIpc) is 3.11. The molecule has 0 bridgehead atoms. The van der Waals surface area contributed by atoms with Gasteiger partial charge < -0.3 is 24.7 Å². The third kappa shape index (κ3) is 3.00. The first-order chi connectivity index (χ1) is 10.6. The van der Waals surface area contributed by atoms with Gasteiger partial charge in [-0.15, -0.1) is 0 Å². The Hall–Kier alpha value is -2.63. The van der Waals surface area contributed by atoms with Crippen LogP contribution >= 0.6 is 0 Å². The zero-order valence-electron chi connectivity index (χ0n) is 12.7. The Kier molecular flexibility index (Phi) is 3.91. The van der Waals surface area contributed by atoms with Crippen LogP contribution in [0.2, 0.25) is 0 Å². The molecule has 0 atom stereocenters. The topological polar surface area (TPSA) is 64.5 Å². The molecule has 2 aromatic rings. The van der Waals surface area contributed by atoms with Crippen LogP contribution in [-0.2, 0) is 20.1 Å². The van der Waals surface area contributed by atoms with E-state index < -0.39 is 0 Å². The molecule has 6 heteroatoms. The number of benzene rings is 1. The van der Waals surface area contributed by atoms with Crippen LogP contribution in [0.1, 0.15) is 17.0 Å². The molecule has 0 fully saturated rings. The number of carbonyl (C=O) groups is 1. The summed E-state index contributed by atoms with van der Waals surface area (Å²) in [5.74, 6) is 1.46. The molecule has 2 N–H and O–H groups in total. The fourth-order valence-electron chi connectivity index (χ4n) is 2.31. The largest absolute Gasteiger partial charge is 0.454 e. The summed E-state index contributed by atoms with van der Waals surface area (Å²) in [5.41, 5.74) is 3.20. The molecule has 2 heterocycles. The van der Waals surface area contributed by atoms with E-state index in [-0.39, 0.29) is 12.8 Å². The Morgan fingerprint density at radius 3 is 2.68 bits per heavy atom. The lowest BCUT2D eigenvalue weighted by atomic mass is 10.2. The number of carbonyl (C=O) groups excluding carboxylic acids is 1. The Morgan fingerprint density at radius 2 is 1.91 bits per heavy atom. The molecule has 1 aromatic heterocycles. The van der Waals surface area contributed by atoms with Crippen molar-refractivity contribution >= 4 is 6.03 Å². The van der Waals surface area contributed by atoms with Crippen molar-refractivity contribution < 1.29 is 14.3 Å². The van der Waals surface area contributed by atoms with Crippen LogP contribution in [0.15, 0.2) is 30.3 Å². The monoisotopic (exact) mass is 301 g/mol. The molecular formula is C16H19N3O3. The van der Waals surface area contributed by atoms with E-state index in [1.165, 1.54) is 0 Å². The number of urea groups is 1. The van der Waals surface area contributed by atoms with Crippen molar-refractivity contribution in [3.8, 4) is 11.5 Å². The maximum Gasteiger partial charge on any atom is 0.315 e. The number of rotatable bonds is 4. The highest BCUT2D eigenvalue weighted by atomic mass is 16.7. The van der Waals surface area contributed by atoms with Crippen molar-refractivity contribution in [3.63, 3.8) is 0 Å². The number of nitrogens with zero attached hydrogens (tertiary/aromatic N) is 1. The van der Waals surface area contributed by atoms with Gasteiger partial charge in [0.15, 0.2) is 11.5 Å². The molecule has 2 amide bonds. The summed E-state index contributed by atoms with van der Waals surface area (Å²) in [5, 5.41) is 5.68. The highest BCUT2D eigenvalue weighted by Crippen LogP contribution is 2.32. The molecule has 1 aliphatic heterocycles. The Labute approximate surface area is 129 Å². The summed E-state index contributed by atoms with van der Waals surface area (Å²) in [4.78, 5) is 11.9. The first-order valence-corrected chi connectivity index (χ1v) is 7.15. The minimum absolute atomic E-state index is 0.198. The second-order valence-electron chi connectivity index (χ2n) is 5.25. The summed E-state index contributed by atoms with van der Waals surface area (Å²) < 4.78 is 12.6. The SMILES string of the molecule is Cc1ccc(CNC(=O)NCc2ccc3c(c2)OCO3)n1C. The van der Waals surface area contributed by atoms with Gasteiger partial charge in [0.1, 0.15) is 0 Å². The maximum atomic E-state index is 11.9. The third-order valence-electron chi connectivity index (χ3n) is 3.80. The molecular weight excluding hydrogens is 282 g/mol. The van der Waals surface area contributed by atoms with Gasteiger partial charge >= 0.3 is 6.03 Å². The number of aryl methyl sites for hydroxylation is 1. The van der Waals surface area contributed by atoms with Crippen molar-refractivity contribution in [2.45, 2.75) is 20.0 Å². The highest BCUT2D eigenvalue weighted by Gasteiger charge is 2.13. The number of aromatic nitrogens is 1. The first kappa shape index (κ1) is 14.3. The van der Waals surface area contributed by atoms with E-state index >= 15 is 0 Å². The van der Waals surface area contributed by atoms with Crippen LogP contribution in [0, 0.1) is 6.92 Å². The molecule has 0 aliphatic carbocycles. The third-order valence-corrected chi connectivity index (χ3v) is 3.80. The van der Waals surface area contributed by atoms with E-state index in [2.05, 4.69) is 15.2 Å². The van der Waals surface area contributed by atoms with Gasteiger partial charge in [0.25, 0.3) is 0 Å². The van der Waals surface area contributed by atoms with E-state index in [1.54, 1.807) is 0 Å². The van der Waals surface area contributed by atoms with Crippen molar-refractivity contribution in [1.82, 2.24) is 15.2 Å². The molecule has 6 nitrogen and oxygen atoms in total. The standard InChI is InChI=1S/C16H19N3O3/c1-11-3-5-13(19(11)2)9-18-16(20)17-8-12-4-6-14-15(7-12)22-10-21-14/h3-7H,8-10H2,1-2H3,(H2,17,18,20). The maximum absolute atomic E-state index is 11.9. The molecule has 3 rings (SSSR count). The van der Waals surface area contributed by atoms with Crippen LogP contribution in [0.3, 0.4) is 0 Å². The number of fused-ring (bicyclic) bond motifs is 1. The Balaban J connectivity index is 1.49. The molecule has 1 aromatic carbocycles. The smallest absolute Gasteiger partial charge is 0.315 e. The van der Waals surface area contributed by atoms with Gasteiger partial charge in [-0.3, -0.25) is 0 Å². The van der Waals surface area contributed by atoms with E-state index in [0.717, 1.165) is 28.5 Å². The number of hydrogen-bond acceptors (Lipinski definition) is 3. The van der Waals surface area contributed by atoms with Crippen LogP contribution in [-0.4, -0.2) is 17.4 Å². The summed E-state index contributed by atoms with van der Waals surface area (Å²) in [6.07, 6.45) is 0. The van der Waals surface area contributed by atoms with Gasteiger partial charge in [0, 0.05) is 25.0 Å². The Morgan fingerprint density at radius 1 is 1.14 bits per heavy atom. The average molecular weight is 301 g/mol. The van der Waals surface area contributed by atoms with Gasteiger partial charge in [-0.2, -0.15) is 0 Å².